The van der Waals surface area contributed by atoms with Crippen LogP contribution in [0.1, 0.15) is 49.7 Å². The lowest BCUT2D eigenvalue weighted by molar-refractivity contribution is -0.137. The Bertz CT molecular complexity index is 911. The minimum absolute atomic E-state index is 0.0677. The maximum atomic E-state index is 13.8. The number of aryl methyl sites for hydroxylation is 2. The Morgan fingerprint density at radius 1 is 1.13 bits per heavy atom. The van der Waals surface area contributed by atoms with E-state index < -0.39 is 29.2 Å². The summed E-state index contributed by atoms with van der Waals surface area (Å²) in [5.74, 6) is -3.34. The van der Waals surface area contributed by atoms with Crippen LogP contribution in [0.15, 0.2) is 24.7 Å². The lowest BCUT2D eigenvalue weighted by Gasteiger charge is -2.49. The first kappa shape index (κ1) is 22.3. The van der Waals surface area contributed by atoms with E-state index in [0.29, 0.717) is 12.6 Å². The maximum Gasteiger partial charge on any atom is 0.421 e. The topological polar surface area (TPSA) is 70.9 Å². The largest absolute Gasteiger partial charge is 0.421 e. The molecule has 10 heteroatoms. The highest BCUT2D eigenvalue weighted by atomic mass is 19.4. The molecule has 1 fully saturated rings. The Morgan fingerprint density at radius 2 is 1.83 bits per heavy atom. The molecule has 0 amide bonds. The highest BCUT2D eigenvalue weighted by Gasteiger charge is 2.48. The number of nitrogens with one attached hydrogen (secondary N) is 1. The van der Waals surface area contributed by atoms with Crippen molar-refractivity contribution in [3.8, 4) is 0 Å². The van der Waals surface area contributed by atoms with Crippen LogP contribution in [-0.4, -0.2) is 32.2 Å². The molecule has 1 aliphatic carbocycles. The molecule has 0 aliphatic heterocycles. The first-order chi connectivity index (χ1) is 13.8. The fourth-order valence-electron chi connectivity index (χ4n) is 3.47. The highest BCUT2D eigenvalue weighted by molar-refractivity contribution is 5.47. The third-order valence-electron chi connectivity index (χ3n) is 5.67. The average molecular weight is 430 g/mol. The van der Waals surface area contributed by atoms with Gasteiger partial charge in [0.2, 0.25) is 0 Å². The van der Waals surface area contributed by atoms with Crippen LogP contribution in [0.3, 0.4) is 0 Å². The van der Waals surface area contributed by atoms with E-state index in [9.17, 15) is 27.1 Å². The molecule has 5 nitrogen and oxygen atoms in total. The quantitative estimate of drug-likeness (QED) is 0.667. The van der Waals surface area contributed by atoms with Crippen molar-refractivity contribution in [1.29, 1.82) is 0 Å². The molecule has 0 aromatic carbocycles. The maximum absolute atomic E-state index is 13.8. The summed E-state index contributed by atoms with van der Waals surface area (Å²) in [6, 6.07) is 0.833. The summed E-state index contributed by atoms with van der Waals surface area (Å²) in [4.78, 5) is 11.7. The van der Waals surface area contributed by atoms with Crippen LogP contribution >= 0.6 is 0 Å². The van der Waals surface area contributed by atoms with Crippen LogP contribution in [0.25, 0.3) is 0 Å². The second-order valence-corrected chi connectivity index (χ2v) is 8.24. The van der Waals surface area contributed by atoms with Gasteiger partial charge in [0.15, 0.2) is 0 Å². The molecule has 30 heavy (non-hydrogen) atoms. The minimum atomic E-state index is -4.66. The van der Waals surface area contributed by atoms with Crippen molar-refractivity contribution in [3.05, 3.63) is 47.2 Å². The SMILES string of the molecule is CC(F)(F)c1ccncc1CCc1ncc(C(F)(F)F)c(N[C@@H]2C[C@H](O)C2(C)C)n1. The molecule has 0 saturated heterocycles. The molecular formula is C20H23F5N4O. The van der Waals surface area contributed by atoms with Gasteiger partial charge in [0, 0.05) is 49.0 Å². The fraction of sp³-hybridized carbons (Fsp3) is 0.550. The van der Waals surface area contributed by atoms with E-state index in [0.717, 1.165) is 6.92 Å². The number of hydrogen-bond acceptors (Lipinski definition) is 5. The van der Waals surface area contributed by atoms with Gasteiger partial charge in [-0.1, -0.05) is 13.8 Å². The Kier molecular flexibility index (Phi) is 5.74. The van der Waals surface area contributed by atoms with Crippen molar-refractivity contribution in [2.24, 2.45) is 5.41 Å². The van der Waals surface area contributed by atoms with E-state index in [-0.39, 0.29) is 41.7 Å². The van der Waals surface area contributed by atoms with E-state index in [1.807, 2.05) is 0 Å². The van der Waals surface area contributed by atoms with E-state index in [1.165, 1.54) is 18.5 Å². The summed E-state index contributed by atoms with van der Waals surface area (Å²) >= 11 is 0. The van der Waals surface area contributed by atoms with Gasteiger partial charge in [-0.15, -0.1) is 0 Å². The smallest absolute Gasteiger partial charge is 0.392 e. The zero-order valence-electron chi connectivity index (χ0n) is 16.8. The molecule has 2 aromatic rings. The Hall–Kier alpha value is -2.36. The third kappa shape index (κ3) is 4.53. The number of halogens is 5. The number of nitrogens with zero attached hydrogens (tertiary/aromatic N) is 3. The summed E-state index contributed by atoms with van der Waals surface area (Å²) in [6.07, 6.45) is -1.53. The summed E-state index contributed by atoms with van der Waals surface area (Å²) in [7, 11) is 0. The first-order valence-corrected chi connectivity index (χ1v) is 9.49. The summed E-state index contributed by atoms with van der Waals surface area (Å²) in [5.41, 5.74) is -1.52. The van der Waals surface area contributed by atoms with Gasteiger partial charge in [-0.2, -0.15) is 13.2 Å². The van der Waals surface area contributed by atoms with Gasteiger partial charge in [-0.25, -0.2) is 18.7 Å². The molecule has 1 aliphatic rings. The van der Waals surface area contributed by atoms with Crippen molar-refractivity contribution in [1.82, 2.24) is 15.0 Å². The lowest BCUT2D eigenvalue weighted by Crippen LogP contribution is -2.57. The standard InChI is InChI=1S/C20H23F5N4O/c1-18(2)14(8-15(18)30)28-17-13(20(23,24)25)10-27-16(29-17)5-4-11-9-26-7-6-12(11)19(3,21)22/h6-7,9-10,14-15,30H,4-5,8H2,1-3H3,(H,27,28,29)/t14-,15+/m1/s1. The monoisotopic (exact) mass is 430 g/mol. The van der Waals surface area contributed by atoms with Crippen molar-refractivity contribution in [2.45, 2.75) is 64.3 Å². The van der Waals surface area contributed by atoms with Gasteiger partial charge < -0.3 is 10.4 Å². The number of rotatable bonds is 6. The van der Waals surface area contributed by atoms with Crippen LogP contribution < -0.4 is 5.32 Å². The molecule has 2 N–H and O–H groups in total. The predicted molar refractivity (Wildman–Crippen MR) is 100 cm³/mol. The molecule has 0 spiro atoms. The van der Waals surface area contributed by atoms with Gasteiger partial charge in [-0.3, -0.25) is 4.98 Å². The van der Waals surface area contributed by atoms with E-state index in [1.54, 1.807) is 13.8 Å². The van der Waals surface area contributed by atoms with Crippen LogP contribution in [0, 0.1) is 5.41 Å². The van der Waals surface area contributed by atoms with E-state index in [4.69, 9.17) is 0 Å². The number of aliphatic hydroxyl groups excluding tert-OH is 1. The molecular weight excluding hydrogens is 407 g/mol. The Balaban J connectivity index is 1.84. The van der Waals surface area contributed by atoms with Crippen molar-refractivity contribution < 1.29 is 27.1 Å². The number of aromatic nitrogens is 3. The molecule has 3 rings (SSSR count). The second kappa shape index (κ2) is 7.72. The lowest BCUT2D eigenvalue weighted by atomic mass is 9.64. The third-order valence-corrected chi connectivity index (χ3v) is 5.67. The van der Waals surface area contributed by atoms with Crippen molar-refractivity contribution in [2.75, 3.05) is 5.32 Å². The average Bonchev–Trinajstić information content (AvgIpc) is 2.65. The first-order valence-electron chi connectivity index (χ1n) is 9.49. The number of aliphatic hydroxyl groups is 1. The van der Waals surface area contributed by atoms with Gasteiger partial charge in [-0.05, 0) is 24.5 Å². The molecule has 2 atom stereocenters. The summed E-state index contributed by atoms with van der Waals surface area (Å²) < 4.78 is 67.7. The van der Waals surface area contributed by atoms with Gasteiger partial charge in [0.25, 0.3) is 5.92 Å². The number of hydrogen-bond donors (Lipinski definition) is 2. The van der Waals surface area contributed by atoms with Crippen molar-refractivity contribution in [3.63, 3.8) is 0 Å². The van der Waals surface area contributed by atoms with Crippen molar-refractivity contribution >= 4 is 5.82 Å². The van der Waals surface area contributed by atoms with Crippen LogP contribution in [-0.2, 0) is 24.9 Å². The number of pyridine rings is 1. The zero-order valence-corrected chi connectivity index (χ0v) is 16.8. The summed E-state index contributed by atoms with van der Waals surface area (Å²) in [5, 5.41) is 12.6. The van der Waals surface area contributed by atoms with Gasteiger partial charge in [0.1, 0.15) is 17.2 Å². The zero-order chi connectivity index (χ0) is 22.3. The fourth-order valence-corrected chi connectivity index (χ4v) is 3.47. The number of anilines is 1. The molecule has 2 aromatic heterocycles. The molecule has 0 unspecified atom stereocenters. The van der Waals surface area contributed by atoms with E-state index in [2.05, 4.69) is 20.3 Å². The molecule has 1 saturated carbocycles. The van der Waals surface area contributed by atoms with E-state index >= 15 is 0 Å². The predicted octanol–water partition coefficient (Wildman–Crippen LogP) is 4.36. The second-order valence-electron chi connectivity index (χ2n) is 8.24. The Morgan fingerprint density at radius 3 is 2.40 bits per heavy atom. The van der Waals surface area contributed by atoms with Gasteiger partial charge >= 0.3 is 6.18 Å². The molecule has 0 bridgehead atoms. The normalized spacial score (nSPS) is 21.2. The van der Waals surface area contributed by atoms with Crippen LogP contribution in [0.4, 0.5) is 27.8 Å². The minimum Gasteiger partial charge on any atom is -0.392 e. The highest BCUT2D eigenvalue weighted by Crippen LogP contribution is 2.43. The molecule has 0 radical (unpaired) electrons. The molecule has 164 valence electrons. The number of alkyl halides is 5. The Labute approximate surface area is 170 Å². The van der Waals surface area contributed by atoms with Crippen LogP contribution in [0.2, 0.25) is 0 Å². The molecule has 2 heterocycles. The van der Waals surface area contributed by atoms with Gasteiger partial charge in [0.05, 0.1) is 6.10 Å². The van der Waals surface area contributed by atoms with Crippen LogP contribution in [0.5, 0.6) is 0 Å². The summed E-state index contributed by atoms with van der Waals surface area (Å²) in [6.45, 7) is 4.28.